The topological polar surface area (TPSA) is 75.4 Å². The summed E-state index contributed by atoms with van der Waals surface area (Å²) in [6, 6.07) is 0. The highest BCUT2D eigenvalue weighted by Crippen LogP contribution is 2.39. The number of hydrogen-bond donors (Lipinski definition) is 2. The van der Waals surface area contributed by atoms with E-state index in [1.807, 2.05) is 18.7 Å². The number of nitrogens with two attached hydrogens (primary N) is 1. The molecule has 0 aromatic carbocycles. The van der Waals surface area contributed by atoms with Gasteiger partial charge in [0.2, 0.25) is 11.8 Å². The van der Waals surface area contributed by atoms with E-state index in [0.29, 0.717) is 25.4 Å². The van der Waals surface area contributed by atoms with E-state index in [-0.39, 0.29) is 35.7 Å². The first-order valence-corrected chi connectivity index (χ1v) is 8.30. The third-order valence-corrected chi connectivity index (χ3v) is 4.92. The predicted molar refractivity (Wildman–Crippen MR) is 89.8 cm³/mol. The Balaban J connectivity index is 0.00000242. The normalized spacial score (nSPS) is 24.1. The maximum absolute atomic E-state index is 12.5. The van der Waals surface area contributed by atoms with Gasteiger partial charge in [0.25, 0.3) is 0 Å². The number of likely N-dealkylation sites (tertiary alicyclic amines) is 1. The molecule has 2 fully saturated rings. The lowest BCUT2D eigenvalue weighted by atomic mass is 9.92. The van der Waals surface area contributed by atoms with Crippen LogP contribution in [0, 0.1) is 11.8 Å². The van der Waals surface area contributed by atoms with E-state index in [1.165, 1.54) is 0 Å². The van der Waals surface area contributed by atoms with Crippen molar-refractivity contribution in [3.63, 3.8) is 0 Å². The molecule has 0 bridgehead atoms. The Kier molecular flexibility index (Phi) is 7.13. The first-order chi connectivity index (χ1) is 10.00. The van der Waals surface area contributed by atoms with E-state index in [0.717, 1.165) is 38.6 Å². The first-order valence-electron chi connectivity index (χ1n) is 8.30. The lowest BCUT2D eigenvalue weighted by Gasteiger charge is -2.36. The summed E-state index contributed by atoms with van der Waals surface area (Å²) in [6.07, 6.45) is 5.53. The van der Waals surface area contributed by atoms with Crippen molar-refractivity contribution in [2.24, 2.45) is 17.6 Å². The quantitative estimate of drug-likeness (QED) is 0.777. The Hall–Kier alpha value is -0.810. The Morgan fingerprint density at radius 3 is 2.55 bits per heavy atom. The lowest BCUT2D eigenvalue weighted by Crippen LogP contribution is -2.56. The molecular weight excluding hydrogens is 302 g/mol. The second-order valence-electron chi connectivity index (χ2n) is 6.81. The van der Waals surface area contributed by atoms with Crippen LogP contribution >= 0.6 is 12.4 Å². The molecule has 1 saturated heterocycles. The summed E-state index contributed by atoms with van der Waals surface area (Å²) in [4.78, 5) is 26.4. The average Bonchev–Trinajstić information content (AvgIpc) is 3.32. The van der Waals surface area contributed by atoms with E-state index < -0.39 is 0 Å². The van der Waals surface area contributed by atoms with Gasteiger partial charge in [0.05, 0.1) is 11.5 Å². The highest BCUT2D eigenvalue weighted by Gasteiger charge is 2.42. The number of nitrogens with zero attached hydrogens (tertiary/aromatic N) is 1. The summed E-state index contributed by atoms with van der Waals surface area (Å²) >= 11 is 0. The van der Waals surface area contributed by atoms with Crippen LogP contribution in [0.5, 0.6) is 0 Å². The van der Waals surface area contributed by atoms with Crippen molar-refractivity contribution in [3.8, 4) is 0 Å². The number of hydrogen-bond acceptors (Lipinski definition) is 3. The fourth-order valence-electron chi connectivity index (χ4n) is 3.21. The highest BCUT2D eigenvalue weighted by molar-refractivity contribution is 5.85. The highest BCUT2D eigenvalue weighted by atomic mass is 35.5. The molecule has 0 aromatic heterocycles. The monoisotopic (exact) mass is 331 g/mol. The maximum Gasteiger partial charge on any atom is 0.225 e. The Morgan fingerprint density at radius 2 is 2.00 bits per heavy atom. The van der Waals surface area contributed by atoms with Crippen molar-refractivity contribution in [3.05, 3.63) is 0 Å². The van der Waals surface area contributed by atoms with Crippen molar-refractivity contribution >= 4 is 24.2 Å². The first kappa shape index (κ1) is 19.2. The minimum absolute atomic E-state index is 0. The molecule has 2 unspecified atom stereocenters. The zero-order valence-corrected chi connectivity index (χ0v) is 14.6. The van der Waals surface area contributed by atoms with Gasteiger partial charge in [-0.25, -0.2) is 0 Å². The smallest absolute Gasteiger partial charge is 0.225 e. The van der Waals surface area contributed by atoms with Crippen LogP contribution in [0.25, 0.3) is 0 Å². The van der Waals surface area contributed by atoms with Gasteiger partial charge in [0.15, 0.2) is 0 Å². The average molecular weight is 332 g/mol. The lowest BCUT2D eigenvalue weighted by molar-refractivity contribution is -0.136. The molecule has 128 valence electrons. The van der Waals surface area contributed by atoms with Crippen LogP contribution < -0.4 is 11.1 Å². The number of carbonyl (C=O) groups excluding carboxylic acids is 2. The molecule has 2 amide bonds. The van der Waals surface area contributed by atoms with Gasteiger partial charge >= 0.3 is 0 Å². The number of amides is 2. The molecular formula is C16H30ClN3O2. The number of carbonyl (C=O) groups is 2. The van der Waals surface area contributed by atoms with Crippen LogP contribution in [0.1, 0.15) is 52.4 Å². The molecule has 0 spiro atoms. The molecule has 22 heavy (non-hydrogen) atoms. The molecule has 2 rings (SSSR count). The Morgan fingerprint density at radius 1 is 1.32 bits per heavy atom. The summed E-state index contributed by atoms with van der Waals surface area (Å²) in [7, 11) is 0. The molecule has 1 saturated carbocycles. The van der Waals surface area contributed by atoms with Gasteiger partial charge in [-0.05, 0) is 44.9 Å². The van der Waals surface area contributed by atoms with Crippen LogP contribution in [0.15, 0.2) is 0 Å². The molecule has 0 aromatic rings. The third-order valence-electron chi connectivity index (χ3n) is 4.92. The summed E-state index contributed by atoms with van der Waals surface area (Å²) in [5.74, 6) is 0.694. The van der Waals surface area contributed by atoms with E-state index >= 15 is 0 Å². The standard InChI is InChI=1S/C16H29N3O2.ClH/c1-3-5-14(20)19-9-4-6-12(10-19)15(21)18-16(2,11-17)13-7-8-13;/h12-13H,3-11,17H2,1-2H3,(H,18,21);1H. The van der Waals surface area contributed by atoms with Crippen LogP contribution in [-0.2, 0) is 9.59 Å². The van der Waals surface area contributed by atoms with Crippen molar-refractivity contribution in [1.29, 1.82) is 0 Å². The molecule has 1 aliphatic carbocycles. The van der Waals surface area contributed by atoms with Crippen LogP contribution in [0.2, 0.25) is 0 Å². The van der Waals surface area contributed by atoms with Crippen molar-refractivity contribution in [2.45, 2.75) is 57.9 Å². The molecule has 2 atom stereocenters. The second kappa shape index (κ2) is 8.16. The van der Waals surface area contributed by atoms with Gasteiger partial charge < -0.3 is 16.0 Å². The van der Waals surface area contributed by atoms with Gasteiger partial charge in [-0.1, -0.05) is 6.92 Å². The molecule has 3 N–H and O–H groups in total. The van der Waals surface area contributed by atoms with Crippen LogP contribution in [0.3, 0.4) is 0 Å². The maximum atomic E-state index is 12.5. The molecule has 6 heteroatoms. The zero-order valence-electron chi connectivity index (χ0n) is 13.8. The fourth-order valence-corrected chi connectivity index (χ4v) is 3.21. The van der Waals surface area contributed by atoms with Crippen molar-refractivity contribution < 1.29 is 9.59 Å². The van der Waals surface area contributed by atoms with Crippen molar-refractivity contribution in [2.75, 3.05) is 19.6 Å². The molecule has 5 nitrogen and oxygen atoms in total. The SMILES string of the molecule is CCCC(=O)N1CCCC(C(=O)NC(C)(CN)C2CC2)C1.Cl. The van der Waals surface area contributed by atoms with Gasteiger partial charge in [0.1, 0.15) is 0 Å². The molecule has 2 aliphatic rings. The number of halogens is 1. The Bertz CT molecular complexity index is 401. The van der Waals surface area contributed by atoms with E-state index in [9.17, 15) is 9.59 Å². The summed E-state index contributed by atoms with van der Waals surface area (Å²) in [6.45, 7) is 5.89. The largest absolute Gasteiger partial charge is 0.349 e. The van der Waals surface area contributed by atoms with E-state index in [1.54, 1.807) is 0 Å². The van der Waals surface area contributed by atoms with Gasteiger partial charge in [0, 0.05) is 26.1 Å². The summed E-state index contributed by atoms with van der Waals surface area (Å²) in [5, 5.41) is 3.16. The predicted octanol–water partition coefficient (Wildman–Crippen LogP) is 1.69. The van der Waals surface area contributed by atoms with Gasteiger partial charge in [-0.3, -0.25) is 9.59 Å². The summed E-state index contributed by atoms with van der Waals surface area (Å²) < 4.78 is 0. The van der Waals surface area contributed by atoms with Crippen LogP contribution in [0.4, 0.5) is 0 Å². The van der Waals surface area contributed by atoms with Gasteiger partial charge in [-0.15, -0.1) is 12.4 Å². The summed E-state index contributed by atoms with van der Waals surface area (Å²) in [5.41, 5.74) is 5.59. The van der Waals surface area contributed by atoms with E-state index in [2.05, 4.69) is 5.32 Å². The fraction of sp³-hybridized carbons (Fsp3) is 0.875. The number of rotatable bonds is 6. The number of piperidine rings is 1. The minimum Gasteiger partial charge on any atom is -0.349 e. The molecule has 1 aliphatic heterocycles. The molecule has 0 radical (unpaired) electrons. The van der Waals surface area contributed by atoms with E-state index in [4.69, 9.17) is 5.73 Å². The third kappa shape index (κ3) is 4.59. The number of nitrogens with one attached hydrogen (secondary N) is 1. The Labute approximate surface area is 139 Å². The van der Waals surface area contributed by atoms with Gasteiger partial charge in [-0.2, -0.15) is 0 Å². The molecule has 1 heterocycles. The van der Waals surface area contributed by atoms with Crippen molar-refractivity contribution in [1.82, 2.24) is 10.2 Å². The van der Waals surface area contributed by atoms with Crippen LogP contribution in [-0.4, -0.2) is 41.9 Å². The second-order valence-corrected chi connectivity index (χ2v) is 6.81. The minimum atomic E-state index is -0.271. The zero-order chi connectivity index (χ0) is 15.5.